The highest BCUT2D eigenvalue weighted by molar-refractivity contribution is 5.95. The van der Waals surface area contributed by atoms with E-state index in [2.05, 4.69) is 33.2 Å². The first kappa shape index (κ1) is 20.2. The van der Waals surface area contributed by atoms with E-state index in [1.165, 1.54) is 6.20 Å². The average molecular weight is 392 g/mol. The number of fused-ring (bicyclic) bond motifs is 1. The normalized spacial score (nSPS) is 10.8. The van der Waals surface area contributed by atoms with E-state index in [-0.39, 0.29) is 18.1 Å². The van der Waals surface area contributed by atoms with Gasteiger partial charge >= 0.3 is 0 Å². The average Bonchev–Trinajstić information content (AvgIpc) is 3.09. The maximum Gasteiger partial charge on any atom is 0.272 e. The number of amides is 2. The van der Waals surface area contributed by atoms with Crippen LogP contribution in [0, 0.1) is 20.8 Å². The fraction of sp³-hybridized carbons (Fsp3) is 0.238. The van der Waals surface area contributed by atoms with Crippen molar-refractivity contribution in [2.24, 2.45) is 5.73 Å². The smallest absolute Gasteiger partial charge is 0.272 e. The second kappa shape index (κ2) is 8.24. The quantitative estimate of drug-likeness (QED) is 0.591. The first-order valence-electron chi connectivity index (χ1n) is 9.20. The van der Waals surface area contributed by atoms with Gasteiger partial charge in [0.2, 0.25) is 11.7 Å². The van der Waals surface area contributed by atoms with Crippen molar-refractivity contribution in [1.29, 1.82) is 0 Å². The summed E-state index contributed by atoms with van der Waals surface area (Å²) in [6.07, 6.45) is 2.88. The maximum absolute atomic E-state index is 12.5. The minimum Gasteiger partial charge on any atom is -0.342 e. The minimum absolute atomic E-state index is 0.170. The second-order valence-corrected chi connectivity index (χ2v) is 6.80. The van der Waals surface area contributed by atoms with Gasteiger partial charge < -0.3 is 16.4 Å². The molecule has 8 nitrogen and oxygen atoms in total. The number of aryl methyl sites for hydroxylation is 3. The van der Waals surface area contributed by atoms with Crippen LogP contribution in [0.5, 0.6) is 0 Å². The van der Waals surface area contributed by atoms with Gasteiger partial charge in [-0.25, -0.2) is 9.97 Å². The highest BCUT2D eigenvalue weighted by atomic mass is 16.2. The largest absolute Gasteiger partial charge is 0.342 e. The molecule has 0 radical (unpaired) electrons. The van der Waals surface area contributed by atoms with E-state index in [4.69, 9.17) is 5.73 Å². The Kier molecular flexibility index (Phi) is 5.74. The van der Waals surface area contributed by atoms with Crippen molar-refractivity contribution in [3.8, 4) is 11.3 Å². The Bertz CT molecular complexity index is 1120. The summed E-state index contributed by atoms with van der Waals surface area (Å²) >= 11 is 0. The van der Waals surface area contributed by atoms with Crippen molar-refractivity contribution < 1.29 is 9.59 Å². The van der Waals surface area contributed by atoms with Crippen molar-refractivity contribution in [2.75, 3.05) is 6.54 Å². The van der Waals surface area contributed by atoms with Crippen LogP contribution in [0.4, 0.5) is 0 Å². The highest BCUT2D eigenvalue weighted by Gasteiger charge is 2.19. The van der Waals surface area contributed by atoms with Crippen molar-refractivity contribution >= 4 is 17.6 Å². The zero-order valence-corrected chi connectivity index (χ0v) is 16.7. The van der Waals surface area contributed by atoms with E-state index >= 15 is 0 Å². The molecule has 0 aliphatic carbocycles. The van der Waals surface area contributed by atoms with Crippen LogP contribution in [0.15, 0.2) is 37.2 Å². The van der Waals surface area contributed by atoms with Crippen LogP contribution >= 0.6 is 0 Å². The number of nitrogens with zero attached hydrogens (tertiary/aromatic N) is 3. The molecule has 29 heavy (non-hydrogen) atoms. The predicted octanol–water partition coefficient (Wildman–Crippen LogP) is 1.77. The molecule has 0 saturated heterocycles. The molecule has 0 spiro atoms. The van der Waals surface area contributed by atoms with Crippen molar-refractivity contribution in [2.45, 2.75) is 27.3 Å². The number of imidazole rings is 1. The number of aromatic nitrogens is 3. The van der Waals surface area contributed by atoms with Crippen LogP contribution in [-0.4, -0.2) is 32.7 Å². The molecule has 2 amide bonds. The Hall–Kier alpha value is -3.52. The zero-order chi connectivity index (χ0) is 21.1. The number of carbonyl (C=O) groups is 2. The Morgan fingerprint density at radius 1 is 1.24 bits per heavy atom. The molecule has 0 bridgehead atoms. The fourth-order valence-electron chi connectivity index (χ4n) is 3.29. The summed E-state index contributed by atoms with van der Waals surface area (Å²) in [5, 5.41) is 4.94. The van der Waals surface area contributed by atoms with Crippen LogP contribution < -0.4 is 16.4 Å². The third-order valence-corrected chi connectivity index (χ3v) is 4.66. The number of nitrogens with two attached hydrogens (primary N) is 1. The number of carbonyl (C=O) groups excluding carboxylic acids is 2. The number of hydrogen-bond acceptors (Lipinski definition) is 5. The molecule has 0 unspecified atom stereocenters. The Balaban J connectivity index is 2.09. The first-order valence-corrected chi connectivity index (χ1v) is 9.20. The molecule has 0 atom stereocenters. The Labute approximate surface area is 168 Å². The molecule has 150 valence electrons. The highest BCUT2D eigenvalue weighted by Crippen LogP contribution is 2.30. The van der Waals surface area contributed by atoms with Crippen LogP contribution in [0.1, 0.15) is 32.9 Å². The van der Waals surface area contributed by atoms with Crippen LogP contribution in [0.25, 0.3) is 17.0 Å². The molecule has 3 aromatic rings. The molecule has 3 rings (SSSR count). The molecule has 0 fully saturated rings. The van der Waals surface area contributed by atoms with Crippen LogP contribution in [0.3, 0.4) is 0 Å². The lowest BCUT2D eigenvalue weighted by atomic mass is 9.98. The van der Waals surface area contributed by atoms with Gasteiger partial charge in [0.25, 0.3) is 5.91 Å². The van der Waals surface area contributed by atoms with E-state index in [0.29, 0.717) is 12.3 Å². The molecule has 0 aliphatic heterocycles. The molecule has 2 aromatic heterocycles. The van der Waals surface area contributed by atoms with Crippen LogP contribution in [0.2, 0.25) is 0 Å². The third kappa shape index (κ3) is 4.02. The summed E-state index contributed by atoms with van der Waals surface area (Å²) < 4.78 is 1.78. The number of benzene rings is 1. The van der Waals surface area contributed by atoms with Gasteiger partial charge in [-0.15, -0.1) is 0 Å². The van der Waals surface area contributed by atoms with Crippen molar-refractivity contribution in [3.63, 3.8) is 0 Å². The third-order valence-electron chi connectivity index (χ3n) is 4.66. The molecule has 1 aromatic carbocycles. The summed E-state index contributed by atoms with van der Waals surface area (Å²) in [7, 11) is 0. The van der Waals surface area contributed by atoms with E-state index in [9.17, 15) is 9.59 Å². The summed E-state index contributed by atoms with van der Waals surface area (Å²) in [6.45, 7) is 9.49. The molecule has 8 heteroatoms. The first-order chi connectivity index (χ1) is 13.8. The van der Waals surface area contributed by atoms with E-state index in [1.54, 1.807) is 10.6 Å². The summed E-state index contributed by atoms with van der Waals surface area (Å²) in [6, 6.07) is 6.17. The molecular weight excluding hydrogens is 368 g/mol. The zero-order valence-electron chi connectivity index (χ0n) is 16.7. The van der Waals surface area contributed by atoms with E-state index in [1.807, 2.05) is 32.9 Å². The molecule has 2 heterocycles. The van der Waals surface area contributed by atoms with Crippen molar-refractivity contribution in [1.82, 2.24) is 25.0 Å². The van der Waals surface area contributed by atoms with Gasteiger partial charge in [-0.05, 0) is 32.5 Å². The van der Waals surface area contributed by atoms with Crippen molar-refractivity contribution in [3.05, 3.63) is 65.3 Å². The summed E-state index contributed by atoms with van der Waals surface area (Å²) in [5.41, 5.74) is 12.0. The Morgan fingerprint density at radius 2 is 2.00 bits per heavy atom. The van der Waals surface area contributed by atoms with E-state index < -0.39 is 5.91 Å². The minimum atomic E-state index is -0.465. The lowest BCUT2D eigenvalue weighted by molar-refractivity contribution is -0.119. The van der Waals surface area contributed by atoms with Crippen LogP contribution in [-0.2, 0) is 11.3 Å². The lowest BCUT2D eigenvalue weighted by Crippen LogP contribution is -2.34. The standard InChI is InChI=1S/C21H24N6O2/c1-5-23-18(28)10-24-20(29)17-11-27-19(15-7-6-12(2)8-13(15)3)16(9-22)14(4)25-21(27)26-17/h5-8,11H,1,9-10,22H2,2-4H3,(H,23,28)(H,24,29). The van der Waals surface area contributed by atoms with Gasteiger partial charge in [0.05, 0.1) is 12.2 Å². The topological polar surface area (TPSA) is 114 Å². The second-order valence-electron chi connectivity index (χ2n) is 6.80. The number of nitrogens with one attached hydrogen (secondary N) is 2. The monoisotopic (exact) mass is 392 g/mol. The van der Waals surface area contributed by atoms with Gasteiger partial charge in [-0.3, -0.25) is 14.0 Å². The SMILES string of the molecule is C=CNC(=O)CNC(=O)c1cn2c(-c3ccc(C)cc3C)c(CN)c(C)nc2n1. The molecule has 4 N–H and O–H groups in total. The summed E-state index contributed by atoms with van der Waals surface area (Å²) in [4.78, 5) is 32.9. The van der Waals surface area contributed by atoms with Gasteiger partial charge in [0, 0.05) is 29.6 Å². The van der Waals surface area contributed by atoms with Gasteiger partial charge in [-0.1, -0.05) is 30.3 Å². The fourth-order valence-corrected chi connectivity index (χ4v) is 3.29. The lowest BCUT2D eigenvalue weighted by Gasteiger charge is -2.15. The molecule has 0 aliphatic rings. The number of rotatable bonds is 6. The molecule has 0 saturated carbocycles. The Morgan fingerprint density at radius 3 is 2.66 bits per heavy atom. The number of hydrogen-bond donors (Lipinski definition) is 3. The summed E-state index contributed by atoms with van der Waals surface area (Å²) in [5.74, 6) is -0.434. The van der Waals surface area contributed by atoms with Gasteiger partial charge in [0.15, 0.2) is 0 Å². The van der Waals surface area contributed by atoms with Gasteiger partial charge in [-0.2, -0.15) is 0 Å². The predicted molar refractivity (Wildman–Crippen MR) is 111 cm³/mol. The molecular formula is C21H24N6O2. The maximum atomic E-state index is 12.5. The van der Waals surface area contributed by atoms with Gasteiger partial charge in [0.1, 0.15) is 5.69 Å². The van der Waals surface area contributed by atoms with E-state index in [0.717, 1.165) is 33.6 Å².